The van der Waals surface area contributed by atoms with Gasteiger partial charge in [0.2, 0.25) is 5.91 Å². The topological polar surface area (TPSA) is 38.1 Å². The highest BCUT2D eigenvalue weighted by Crippen LogP contribution is 2.28. The number of carbonyl (C=O) groups excluding carboxylic acids is 1. The van der Waals surface area contributed by atoms with E-state index in [1.165, 1.54) is 5.56 Å². The molecule has 0 saturated heterocycles. The summed E-state index contributed by atoms with van der Waals surface area (Å²) in [5, 5.41) is 0. The maximum atomic E-state index is 12.7. The maximum absolute atomic E-state index is 12.7. The van der Waals surface area contributed by atoms with E-state index in [0.717, 1.165) is 35.5 Å². The van der Waals surface area contributed by atoms with Crippen molar-refractivity contribution in [2.24, 2.45) is 0 Å². The summed E-state index contributed by atoms with van der Waals surface area (Å²) in [5.74, 6) is 0.998. The third-order valence-corrected chi connectivity index (χ3v) is 4.33. The smallest absolute Gasteiger partial charge is 0.247 e. The first-order chi connectivity index (χ1) is 10.7. The van der Waals surface area contributed by atoms with Gasteiger partial charge in [-0.1, -0.05) is 30.3 Å². The summed E-state index contributed by atoms with van der Waals surface area (Å²) in [5.41, 5.74) is 4.26. The molecule has 0 radical (unpaired) electrons. The Labute approximate surface area is 129 Å². The van der Waals surface area contributed by atoms with Gasteiger partial charge in [0.15, 0.2) is 0 Å². The van der Waals surface area contributed by atoms with Gasteiger partial charge in [-0.2, -0.15) is 0 Å². The second-order valence-corrected chi connectivity index (χ2v) is 5.66. The van der Waals surface area contributed by atoms with Crippen LogP contribution >= 0.6 is 0 Å². The molecule has 110 valence electrons. The summed E-state index contributed by atoms with van der Waals surface area (Å²) in [6.07, 6.45) is 0.936. The van der Waals surface area contributed by atoms with Crippen LogP contribution in [0.4, 0.5) is 5.69 Å². The van der Waals surface area contributed by atoms with E-state index in [0.29, 0.717) is 6.54 Å². The number of hydrogen-bond donors (Lipinski definition) is 0. The number of anilines is 1. The molecule has 1 amide bonds. The van der Waals surface area contributed by atoms with Crippen molar-refractivity contribution in [3.05, 3.63) is 59.9 Å². The van der Waals surface area contributed by atoms with Crippen LogP contribution < -0.4 is 4.90 Å². The predicted octanol–water partition coefficient (Wildman–Crippen LogP) is 2.93. The van der Waals surface area contributed by atoms with Crippen molar-refractivity contribution in [2.45, 2.75) is 19.9 Å². The van der Waals surface area contributed by atoms with E-state index >= 15 is 0 Å². The lowest BCUT2D eigenvalue weighted by atomic mass is 10.2. The molecular weight excluding hydrogens is 274 g/mol. The summed E-state index contributed by atoms with van der Waals surface area (Å²) in [6.45, 7) is 3.05. The Morgan fingerprint density at radius 1 is 1.14 bits per heavy atom. The van der Waals surface area contributed by atoms with Crippen LogP contribution in [0.25, 0.3) is 11.0 Å². The molecule has 1 aliphatic heterocycles. The molecule has 4 nitrogen and oxygen atoms in total. The number of hydrogen-bond acceptors (Lipinski definition) is 2. The van der Waals surface area contributed by atoms with Gasteiger partial charge < -0.3 is 9.47 Å². The molecule has 0 atom stereocenters. The molecule has 0 aliphatic carbocycles. The first-order valence-corrected chi connectivity index (χ1v) is 7.54. The van der Waals surface area contributed by atoms with Gasteiger partial charge in [0.25, 0.3) is 0 Å². The number of imidazole rings is 1. The van der Waals surface area contributed by atoms with Gasteiger partial charge in [0.1, 0.15) is 12.4 Å². The van der Waals surface area contributed by atoms with Crippen LogP contribution in [0.5, 0.6) is 0 Å². The van der Waals surface area contributed by atoms with E-state index in [-0.39, 0.29) is 5.91 Å². The molecule has 1 aromatic heterocycles. The zero-order chi connectivity index (χ0) is 15.1. The van der Waals surface area contributed by atoms with E-state index in [9.17, 15) is 4.79 Å². The summed E-state index contributed by atoms with van der Waals surface area (Å²) >= 11 is 0. The number of fused-ring (bicyclic) bond motifs is 2. The predicted molar refractivity (Wildman–Crippen MR) is 87.0 cm³/mol. The molecule has 0 spiro atoms. The molecule has 4 heteroatoms. The normalized spacial score (nSPS) is 13.6. The van der Waals surface area contributed by atoms with Gasteiger partial charge in [-0.05, 0) is 37.1 Å². The van der Waals surface area contributed by atoms with E-state index in [1.54, 1.807) is 0 Å². The van der Waals surface area contributed by atoms with Crippen molar-refractivity contribution < 1.29 is 4.79 Å². The Morgan fingerprint density at radius 2 is 1.91 bits per heavy atom. The minimum absolute atomic E-state index is 0.121. The third-order valence-electron chi connectivity index (χ3n) is 4.33. The highest BCUT2D eigenvalue weighted by Gasteiger charge is 2.24. The average Bonchev–Trinajstić information content (AvgIpc) is 3.09. The Hall–Kier alpha value is -2.62. The van der Waals surface area contributed by atoms with E-state index in [1.807, 2.05) is 58.9 Å². The van der Waals surface area contributed by atoms with Crippen molar-refractivity contribution in [1.82, 2.24) is 9.55 Å². The zero-order valence-electron chi connectivity index (χ0n) is 12.5. The van der Waals surface area contributed by atoms with Crippen LogP contribution in [0.3, 0.4) is 0 Å². The fourth-order valence-corrected chi connectivity index (χ4v) is 3.21. The van der Waals surface area contributed by atoms with Crippen LogP contribution in [0.2, 0.25) is 0 Å². The van der Waals surface area contributed by atoms with Gasteiger partial charge in [-0.25, -0.2) is 4.98 Å². The number of amides is 1. The van der Waals surface area contributed by atoms with Crippen molar-refractivity contribution in [2.75, 3.05) is 11.4 Å². The highest BCUT2D eigenvalue weighted by atomic mass is 16.2. The number of para-hydroxylation sites is 3. The number of aryl methyl sites for hydroxylation is 1. The number of rotatable bonds is 2. The number of benzene rings is 2. The van der Waals surface area contributed by atoms with Crippen LogP contribution in [-0.4, -0.2) is 22.0 Å². The van der Waals surface area contributed by atoms with Gasteiger partial charge in [0.05, 0.1) is 11.0 Å². The summed E-state index contributed by atoms with van der Waals surface area (Å²) in [4.78, 5) is 19.2. The van der Waals surface area contributed by atoms with Gasteiger partial charge in [0, 0.05) is 12.2 Å². The molecule has 0 N–H and O–H groups in total. The SMILES string of the molecule is Cc1nc2ccccc2n1CC(=O)N1CCc2ccccc21. The Bertz CT molecular complexity index is 866. The van der Waals surface area contributed by atoms with Crippen molar-refractivity contribution in [3.8, 4) is 0 Å². The molecule has 1 aliphatic rings. The molecule has 0 fully saturated rings. The monoisotopic (exact) mass is 291 g/mol. The molecule has 22 heavy (non-hydrogen) atoms. The largest absolute Gasteiger partial charge is 0.319 e. The number of carbonyl (C=O) groups is 1. The molecule has 0 unspecified atom stereocenters. The minimum atomic E-state index is 0.121. The molecule has 4 rings (SSSR count). The lowest BCUT2D eigenvalue weighted by Gasteiger charge is -2.18. The standard InChI is InChI=1S/C18H17N3O/c1-13-19-15-7-3-5-9-17(15)21(13)12-18(22)20-11-10-14-6-2-4-8-16(14)20/h2-9H,10-12H2,1H3. The van der Waals surface area contributed by atoms with Crippen LogP contribution in [0.15, 0.2) is 48.5 Å². The fraction of sp³-hybridized carbons (Fsp3) is 0.222. The third kappa shape index (κ3) is 1.99. The van der Waals surface area contributed by atoms with Crippen molar-refractivity contribution >= 4 is 22.6 Å². The summed E-state index contributed by atoms with van der Waals surface area (Å²) in [7, 11) is 0. The first-order valence-electron chi connectivity index (χ1n) is 7.54. The summed E-state index contributed by atoms with van der Waals surface area (Å²) in [6, 6.07) is 16.1. The van der Waals surface area contributed by atoms with Crippen LogP contribution in [-0.2, 0) is 17.8 Å². The molecule has 3 aromatic rings. The lowest BCUT2D eigenvalue weighted by Crippen LogP contribution is -2.32. The molecule has 2 aromatic carbocycles. The molecule has 0 saturated carbocycles. The zero-order valence-corrected chi connectivity index (χ0v) is 12.5. The maximum Gasteiger partial charge on any atom is 0.247 e. The van der Waals surface area contributed by atoms with E-state index in [4.69, 9.17) is 0 Å². The van der Waals surface area contributed by atoms with Gasteiger partial charge in [-0.3, -0.25) is 4.79 Å². The number of nitrogens with zero attached hydrogens (tertiary/aromatic N) is 3. The quantitative estimate of drug-likeness (QED) is 0.728. The highest BCUT2D eigenvalue weighted by molar-refractivity contribution is 5.96. The van der Waals surface area contributed by atoms with Crippen molar-refractivity contribution in [1.29, 1.82) is 0 Å². The summed E-state index contributed by atoms with van der Waals surface area (Å²) < 4.78 is 2.00. The fourth-order valence-electron chi connectivity index (χ4n) is 3.21. The Kier molecular flexibility index (Phi) is 2.96. The van der Waals surface area contributed by atoms with E-state index in [2.05, 4.69) is 11.1 Å². The Morgan fingerprint density at radius 3 is 2.82 bits per heavy atom. The van der Waals surface area contributed by atoms with Gasteiger partial charge in [-0.15, -0.1) is 0 Å². The van der Waals surface area contributed by atoms with E-state index < -0.39 is 0 Å². The van der Waals surface area contributed by atoms with Gasteiger partial charge >= 0.3 is 0 Å². The second-order valence-electron chi connectivity index (χ2n) is 5.66. The van der Waals surface area contributed by atoms with Crippen molar-refractivity contribution in [3.63, 3.8) is 0 Å². The van der Waals surface area contributed by atoms with Crippen LogP contribution in [0.1, 0.15) is 11.4 Å². The van der Waals surface area contributed by atoms with Crippen LogP contribution in [0, 0.1) is 6.92 Å². The second kappa shape index (κ2) is 4.98. The molecular formula is C18H17N3O. The average molecular weight is 291 g/mol. The first kappa shape index (κ1) is 13.1. The molecule has 0 bridgehead atoms. The minimum Gasteiger partial charge on any atom is -0.319 e. The number of aromatic nitrogens is 2. The molecule has 2 heterocycles. The Balaban J connectivity index is 1.66. The lowest BCUT2D eigenvalue weighted by molar-refractivity contribution is -0.119.